The number of benzene rings is 1. The number of nitrogens with zero attached hydrogens (tertiary/aromatic N) is 1. The van der Waals surface area contributed by atoms with Crippen LogP contribution in [0.2, 0.25) is 0 Å². The molecule has 0 saturated carbocycles. The zero-order valence-corrected chi connectivity index (χ0v) is 10.2. The highest BCUT2D eigenvalue weighted by Gasteiger charge is 2.03. The minimum Gasteiger partial charge on any atom is -0.384 e. The summed E-state index contributed by atoms with van der Waals surface area (Å²) in [7, 11) is 1.70. The topological polar surface area (TPSA) is 38.4 Å². The van der Waals surface area contributed by atoms with Crippen LogP contribution in [0.15, 0.2) is 33.0 Å². The van der Waals surface area contributed by atoms with Gasteiger partial charge in [0.1, 0.15) is 5.84 Å². The van der Waals surface area contributed by atoms with E-state index in [9.17, 15) is 0 Å². The molecule has 4 heteroatoms. The lowest BCUT2D eigenvalue weighted by atomic mass is 10.2. The molecule has 2 nitrogen and oxygen atoms in total. The average Bonchev–Trinajstić information content (AvgIpc) is 2.26. The first-order valence-corrected chi connectivity index (χ1v) is 6.62. The van der Waals surface area contributed by atoms with Crippen LogP contribution in [0, 0.1) is 0 Å². The van der Waals surface area contributed by atoms with Gasteiger partial charge in [-0.2, -0.15) is 0 Å². The first-order chi connectivity index (χ1) is 6.72. The maximum absolute atomic E-state index is 5.74. The smallest absolute Gasteiger partial charge is 0.125 e. The summed E-state index contributed by atoms with van der Waals surface area (Å²) in [6, 6.07) is 6.18. The highest BCUT2D eigenvalue weighted by Crippen LogP contribution is 2.28. The number of nitrogens with two attached hydrogens (primary N) is 1. The van der Waals surface area contributed by atoms with Gasteiger partial charge in [-0.15, -0.1) is 23.5 Å². The van der Waals surface area contributed by atoms with E-state index in [1.54, 1.807) is 30.6 Å². The summed E-state index contributed by atoms with van der Waals surface area (Å²) < 4.78 is 0. The van der Waals surface area contributed by atoms with Crippen molar-refractivity contribution in [1.82, 2.24) is 0 Å². The van der Waals surface area contributed by atoms with Gasteiger partial charge in [-0.05, 0) is 24.6 Å². The molecule has 2 N–H and O–H groups in total. The Bertz CT molecular complexity index is 348. The van der Waals surface area contributed by atoms with E-state index in [0.29, 0.717) is 5.84 Å². The molecule has 0 aromatic heterocycles. The van der Waals surface area contributed by atoms with Crippen molar-refractivity contribution in [2.45, 2.75) is 9.79 Å². The summed E-state index contributed by atoms with van der Waals surface area (Å²) >= 11 is 3.48. The summed E-state index contributed by atoms with van der Waals surface area (Å²) in [4.78, 5) is 6.50. The van der Waals surface area contributed by atoms with E-state index in [-0.39, 0.29) is 0 Å². The van der Waals surface area contributed by atoms with Gasteiger partial charge in [-0.3, -0.25) is 4.99 Å². The lowest BCUT2D eigenvalue weighted by molar-refractivity contribution is 1.24. The molecule has 0 amide bonds. The Balaban J connectivity index is 3.14. The highest BCUT2D eigenvalue weighted by molar-refractivity contribution is 8.01. The Labute approximate surface area is 93.4 Å². The fourth-order valence-electron chi connectivity index (χ4n) is 1.12. The number of amidine groups is 1. The van der Waals surface area contributed by atoms with E-state index in [2.05, 4.69) is 29.6 Å². The van der Waals surface area contributed by atoms with E-state index in [1.165, 1.54) is 9.79 Å². The predicted molar refractivity (Wildman–Crippen MR) is 66.7 cm³/mol. The first kappa shape index (κ1) is 11.5. The maximum Gasteiger partial charge on any atom is 0.125 e. The zero-order chi connectivity index (χ0) is 10.6. The lowest BCUT2D eigenvalue weighted by Gasteiger charge is -2.07. The summed E-state index contributed by atoms with van der Waals surface area (Å²) in [5.41, 5.74) is 6.74. The molecule has 0 radical (unpaired) electrons. The van der Waals surface area contributed by atoms with Gasteiger partial charge in [0.15, 0.2) is 0 Å². The molecule has 0 saturated heterocycles. The Kier molecular flexibility index (Phi) is 4.35. The summed E-state index contributed by atoms with van der Waals surface area (Å²) in [6.45, 7) is 0. The largest absolute Gasteiger partial charge is 0.384 e. The monoisotopic (exact) mass is 226 g/mol. The Hall–Kier alpha value is -0.610. The minimum absolute atomic E-state index is 0.591. The van der Waals surface area contributed by atoms with Gasteiger partial charge in [-0.25, -0.2) is 0 Å². The van der Waals surface area contributed by atoms with Crippen molar-refractivity contribution in [1.29, 1.82) is 0 Å². The van der Waals surface area contributed by atoms with Crippen LogP contribution in [0.3, 0.4) is 0 Å². The van der Waals surface area contributed by atoms with Crippen LogP contribution < -0.4 is 5.73 Å². The summed E-state index contributed by atoms with van der Waals surface area (Å²) in [6.07, 6.45) is 4.14. The second-order valence-electron chi connectivity index (χ2n) is 2.68. The van der Waals surface area contributed by atoms with Gasteiger partial charge in [0.05, 0.1) is 0 Å². The molecule has 0 unspecified atom stereocenters. The van der Waals surface area contributed by atoms with Crippen LogP contribution >= 0.6 is 23.5 Å². The molecule has 0 spiro atoms. The summed E-state index contributed by atoms with van der Waals surface area (Å²) in [5.74, 6) is 0.591. The predicted octanol–water partition coefficient (Wildman–Crippen LogP) is 2.47. The normalized spacial score (nSPS) is 11.8. The number of thioether (sulfide) groups is 2. The fourth-order valence-corrected chi connectivity index (χ4v) is 2.60. The molecule has 1 aromatic rings. The first-order valence-electron chi connectivity index (χ1n) is 4.17. The molecular weight excluding hydrogens is 212 g/mol. The Morgan fingerprint density at radius 2 is 1.86 bits per heavy atom. The maximum atomic E-state index is 5.74. The number of hydrogen-bond acceptors (Lipinski definition) is 3. The van der Waals surface area contributed by atoms with E-state index in [0.717, 1.165) is 5.56 Å². The zero-order valence-electron chi connectivity index (χ0n) is 8.57. The van der Waals surface area contributed by atoms with Crippen molar-refractivity contribution in [3.63, 3.8) is 0 Å². The molecule has 0 aliphatic carbocycles. The lowest BCUT2D eigenvalue weighted by Crippen LogP contribution is -2.12. The third-order valence-electron chi connectivity index (χ3n) is 1.92. The molecule has 1 rings (SSSR count). The van der Waals surface area contributed by atoms with Crippen molar-refractivity contribution in [3.05, 3.63) is 23.8 Å². The van der Waals surface area contributed by atoms with Gasteiger partial charge in [0.25, 0.3) is 0 Å². The molecule has 14 heavy (non-hydrogen) atoms. The molecular formula is C10H14N2S2. The van der Waals surface area contributed by atoms with Crippen LogP contribution in [0.4, 0.5) is 0 Å². The number of hydrogen-bond donors (Lipinski definition) is 1. The molecule has 0 aliphatic rings. The van der Waals surface area contributed by atoms with Gasteiger partial charge in [-0.1, -0.05) is 6.07 Å². The van der Waals surface area contributed by atoms with E-state index in [1.807, 2.05) is 6.07 Å². The molecule has 0 bridgehead atoms. The summed E-state index contributed by atoms with van der Waals surface area (Å²) in [5, 5.41) is 0. The molecule has 0 heterocycles. The van der Waals surface area contributed by atoms with Gasteiger partial charge in [0.2, 0.25) is 0 Å². The van der Waals surface area contributed by atoms with Crippen molar-refractivity contribution in [2.75, 3.05) is 19.6 Å². The van der Waals surface area contributed by atoms with Gasteiger partial charge in [0, 0.05) is 22.4 Å². The minimum atomic E-state index is 0.591. The second kappa shape index (κ2) is 5.32. The highest BCUT2D eigenvalue weighted by atomic mass is 32.2. The average molecular weight is 226 g/mol. The van der Waals surface area contributed by atoms with E-state index in [4.69, 9.17) is 5.73 Å². The standard InChI is InChI=1S/C10H14N2S2/c1-12-10(11)7-4-5-8(13-2)9(6-7)14-3/h4-6H,1-3H3,(H2,11,12). The fraction of sp³-hybridized carbons (Fsp3) is 0.300. The van der Waals surface area contributed by atoms with Crippen molar-refractivity contribution in [2.24, 2.45) is 10.7 Å². The van der Waals surface area contributed by atoms with Crippen molar-refractivity contribution >= 4 is 29.4 Å². The van der Waals surface area contributed by atoms with E-state index < -0.39 is 0 Å². The molecule has 0 fully saturated rings. The van der Waals surface area contributed by atoms with E-state index >= 15 is 0 Å². The van der Waals surface area contributed by atoms with Crippen LogP contribution in [0.25, 0.3) is 0 Å². The van der Waals surface area contributed by atoms with Gasteiger partial charge < -0.3 is 5.73 Å². The van der Waals surface area contributed by atoms with Crippen molar-refractivity contribution < 1.29 is 0 Å². The Morgan fingerprint density at radius 1 is 1.21 bits per heavy atom. The SMILES string of the molecule is CN=C(N)c1ccc(SC)c(SC)c1. The second-order valence-corrected chi connectivity index (χ2v) is 4.37. The van der Waals surface area contributed by atoms with Crippen LogP contribution in [-0.2, 0) is 0 Å². The van der Waals surface area contributed by atoms with Crippen LogP contribution in [0.1, 0.15) is 5.56 Å². The molecule has 1 aromatic carbocycles. The third-order valence-corrected chi connectivity index (χ3v) is 3.62. The Morgan fingerprint density at radius 3 is 2.36 bits per heavy atom. The molecule has 76 valence electrons. The van der Waals surface area contributed by atoms with Gasteiger partial charge >= 0.3 is 0 Å². The van der Waals surface area contributed by atoms with Crippen LogP contribution in [0.5, 0.6) is 0 Å². The van der Waals surface area contributed by atoms with Crippen LogP contribution in [-0.4, -0.2) is 25.4 Å². The quantitative estimate of drug-likeness (QED) is 0.489. The number of rotatable bonds is 3. The third kappa shape index (κ3) is 2.45. The number of aliphatic imine (C=N–C) groups is 1. The molecule has 0 atom stereocenters. The van der Waals surface area contributed by atoms with Crippen molar-refractivity contribution in [3.8, 4) is 0 Å². The molecule has 0 aliphatic heterocycles.